The van der Waals surface area contributed by atoms with Crippen LogP contribution in [0.3, 0.4) is 0 Å². The van der Waals surface area contributed by atoms with Crippen LogP contribution in [0.25, 0.3) is 0 Å². The molecule has 0 aliphatic heterocycles. The summed E-state index contributed by atoms with van der Waals surface area (Å²) in [5, 5.41) is 0.514. The Balaban J connectivity index is 2.89. The van der Waals surface area contributed by atoms with E-state index in [2.05, 4.69) is 0 Å². The summed E-state index contributed by atoms with van der Waals surface area (Å²) in [6.07, 6.45) is 0. The van der Waals surface area contributed by atoms with Crippen molar-refractivity contribution in [1.29, 1.82) is 0 Å². The normalized spacial score (nSPS) is 12.2. The third-order valence-electron chi connectivity index (χ3n) is 2.77. The van der Waals surface area contributed by atoms with Crippen LogP contribution in [0.4, 0.5) is 0 Å². The predicted molar refractivity (Wildman–Crippen MR) is 75.2 cm³/mol. The highest BCUT2D eigenvalue weighted by molar-refractivity contribution is 6.30. The van der Waals surface area contributed by atoms with Crippen molar-refractivity contribution in [3.8, 4) is 0 Å². The van der Waals surface area contributed by atoms with E-state index in [1.807, 2.05) is 0 Å². The fourth-order valence-corrected chi connectivity index (χ4v) is 1.88. The molecule has 1 atom stereocenters. The molecule has 0 spiro atoms. The molecule has 2 amide bonds. The van der Waals surface area contributed by atoms with Gasteiger partial charge in [-0.3, -0.25) is 19.3 Å². The quantitative estimate of drug-likeness (QED) is 0.700. The number of hydrogen-bond donors (Lipinski definition) is 2. The number of rotatable bonds is 7. The van der Waals surface area contributed by atoms with E-state index in [-0.39, 0.29) is 18.9 Å². The molecule has 6 nitrogen and oxygen atoms in total. The van der Waals surface area contributed by atoms with Crippen molar-refractivity contribution >= 4 is 29.2 Å². The molecule has 0 radical (unpaired) electrons. The van der Waals surface area contributed by atoms with Crippen LogP contribution in [-0.2, 0) is 9.59 Å². The van der Waals surface area contributed by atoms with Crippen LogP contribution >= 0.6 is 11.6 Å². The van der Waals surface area contributed by atoms with Gasteiger partial charge in [0, 0.05) is 10.6 Å². The van der Waals surface area contributed by atoms with Gasteiger partial charge in [0.2, 0.25) is 11.8 Å². The predicted octanol–water partition coefficient (Wildman–Crippen LogP) is 0.184. The van der Waals surface area contributed by atoms with Crippen LogP contribution in [0, 0.1) is 0 Å². The monoisotopic (exact) mass is 297 g/mol. The summed E-state index contributed by atoms with van der Waals surface area (Å²) in [6, 6.07) is 5.64. The second-order valence-electron chi connectivity index (χ2n) is 4.38. The minimum Gasteiger partial charge on any atom is -0.369 e. The Kier molecular flexibility index (Phi) is 5.66. The number of primary amides is 2. The Hall–Kier alpha value is -1.92. The first-order valence-corrected chi connectivity index (χ1v) is 6.29. The molecule has 1 aromatic rings. The molecule has 1 aromatic carbocycles. The first-order chi connectivity index (χ1) is 9.31. The van der Waals surface area contributed by atoms with Crippen LogP contribution in [0.1, 0.15) is 17.3 Å². The van der Waals surface area contributed by atoms with Crippen LogP contribution < -0.4 is 11.5 Å². The van der Waals surface area contributed by atoms with E-state index < -0.39 is 17.9 Å². The first-order valence-electron chi connectivity index (χ1n) is 5.91. The first kappa shape index (κ1) is 16.1. The van der Waals surface area contributed by atoms with Gasteiger partial charge in [0.25, 0.3) is 0 Å². The maximum Gasteiger partial charge on any atom is 0.231 e. The van der Waals surface area contributed by atoms with Crippen molar-refractivity contribution < 1.29 is 14.4 Å². The molecule has 20 heavy (non-hydrogen) atoms. The number of nitrogens with two attached hydrogens (primary N) is 2. The zero-order chi connectivity index (χ0) is 15.3. The van der Waals surface area contributed by atoms with Gasteiger partial charge in [-0.15, -0.1) is 0 Å². The molecule has 0 saturated heterocycles. The summed E-state index contributed by atoms with van der Waals surface area (Å²) in [4.78, 5) is 35.6. The molecule has 0 aliphatic carbocycles. The summed E-state index contributed by atoms with van der Waals surface area (Å²) < 4.78 is 0. The van der Waals surface area contributed by atoms with Gasteiger partial charge in [-0.1, -0.05) is 11.6 Å². The van der Waals surface area contributed by atoms with Crippen LogP contribution in [-0.4, -0.2) is 41.6 Å². The highest BCUT2D eigenvalue weighted by Gasteiger charge is 2.24. The second kappa shape index (κ2) is 7.02. The molecular weight excluding hydrogens is 282 g/mol. The smallest absolute Gasteiger partial charge is 0.231 e. The molecule has 0 aliphatic rings. The Morgan fingerprint density at radius 1 is 1.10 bits per heavy atom. The van der Waals surface area contributed by atoms with E-state index >= 15 is 0 Å². The molecule has 0 heterocycles. The maximum atomic E-state index is 12.3. The third kappa shape index (κ3) is 4.64. The number of benzene rings is 1. The van der Waals surface area contributed by atoms with Crippen LogP contribution in [0.15, 0.2) is 24.3 Å². The standard InChI is InChI=1S/C13H16ClN3O3/c1-8(17(6-11(15)18)7-12(16)19)13(20)9-2-4-10(14)5-3-9/h2-5,8H,6-7H2,1H3,(H2,15,18)(H2,16,19). The summed E-state index contributed by atoms with van der Waals surface area (Å²) in [5.41, 5.74) is 10.6. The van der Waals surface area contributed by atoms with Gasteiger partial charge in [-0.2, -0.15) is 0 Å². The van der Waals surface area contributed by atoms with Crippen LogP contribution in [0.2, 0.25) is 5.02 Å². The third-order valence-corrected chi connectivity index (χ3v) is 3.03. The zero-order valence-corrected chi connectivity index (χ0v) is 11.8. The zero-order valence-electron chi connectivity index (χ0n) is 11.0. The van der Waals surface area contributed by atoms with Crippen molar-refractivity contribution in [3.63, 3.8) is 0 Å². The maximum absolute atomic E-state index is 12.3. The van der Waals surface area contributed by atoms with E-state index in [1.165, 1.54) is 4.90 Å². The minimum atomic E-state index is -0.698. The number of hydrogen-bond acceptors (Lipinski definition) is 4. The molecule has 108 valence electrons. The molecule has 0 aromatic heterocycles. The Morgan fingerprint density at radius 2 is 1.55 bits per heavy atom. The molecule has 0 fully saturated rings. The number of ketones is 1. The molecule has 1 rings (SSSR count). The number of amides is 2. The SMILES string of the molecule is CC(C(=O)c1ccc(Cl)cc1)N(CC(N)=O)CC(N)=O. The Labute approximate surface area is 121 Å². The molecular formula is C13H16ClN3O3. The van der Waals surface area contributed by atoms with E-state index in [0.717, 1.165) is 0 Å². The van der Waals surface area contributed by atoms with E-state index in [0.29, 0.717) is 10.6 Å². The summed E-state index contributed by atoms with van der Waals surface area (Å²) in [7, 11) is 0. The van der Waals surface area contributed by atoms with E-state index in [4.69, 9.17) is 23.1 Å². The average molecular weight is 298 g/mol. The number of halogens is 1. The van der Waals surface area contributed by atoms with Crippen LogP contribution in [0.5, 0.6) is 0 Å². The Morgan fingerprint density at radius 3 is 1.95 bits per heavy atom. The lowest BCUT2D eigenvalue weighted by Gasteiger charge is -2.25. The van der Waals surface area contributed by atoms with Crippen molar-refractivity contribution in [3.05, 3.63) is 34.9 Å². The fraction of sp³-hybridized carbons (Fsp3) is 0.308. The molecule has 4 N–H and O–H groups in total. The molecule has 7 heteroatoms. The summed E-state index contributed by atoms with van der Waals surface area (Å²) >= 11 is 5.75. The lowest BCUT2D eigenvalue weighted by molar-refractivity contribution is -0.122. The van der Waals surface area contributed by atoms with Gasteiger partial charge in [0.05, 0.1) is 19.1 Å². The van der Waals surface area contributed by atoms with Gasteiger partial charge in [0.1, 0.15) is 0 Å². The molecule has 0 saturated carbocycles. The fourth-order valence-electron chi connectivity index (χ4n) is 1.75. The van der Waals surface area contributed by atoms with E-state index in [1.54, 1.807) is 31.2 Å². The van der Waals surface area contributed by atoms with Gasteiger partial charge >= 0.3 is 0 Å². The van der Waals surface area contributed by atoms with Crippen molar-refractivity contribution in [2.75, 3.05) is 13.1 Å². The van der Waals surface area contributed by atoms with Gasteiger partial charge in [-0.05, 0) is 31.2 Å². The van der Waals surface area contributed by atoms with Crippen molar-refractivity contribution in [1.82, 2.24) is 4.90 Å². The second-order valence-corrected chi connectivity index (χ2v) is 4.82. The number of carbonyl (C=O) groups is 3. The van der Waals surface area contributed by atoms with E-state index in [9.17, 15) is 14.4 Å². The topological polar surface area (TPSA) is 106 Å². The highest BCUT2D eigenvalue weighted by atomic mass is 35.5. The van der Waals surface area contributed by atoms with Gasteiger partial charge < -0.3 is 11.5 Å². The van der Waals surface area contributed by atoms with Crippen molar-refractivity contribution in [2.45, 2.75) is 13.0 Å². The minimum absolute atomic E-state index is 0.219. The molecule has 0 bridgehead atoms. The average Bonchev–Trinajstić information content (AvgIpc) is 2.36. The summed E-state index contributed by atoms with van der Waals surface area (Å²) in [6.45, 7) is 1.15. The van der Waals surface area contributed by atoms with Gasteiger partial charge in [0.15, 0.2) is 5.78 Å². The lowest BCUT2D eigenvalue weighted by atomic mass is 10.0. The Bertz CT molecular complexity index is 500. The summed E-state index contributed by atoms with van der Waals surface area (Å²) in [5.74, 6) is -1.52. The number of nitrogens with zero attached hydrogens (tertiary/aromatic N) is 1. The lowest BCUT2D eigenvalue weighted by Crippen LogP contribution is -2.47. The largest absolute Gasteiger partial charge is 0.369 e. The number of Topliss-reactive ketones (excluding diaryl/α,β-unsaturated/α-hetero) is 1. The van der Waals surface area contributed by atoms with Crippen molar-refractivity contribution in [2.24, 2.45) is 11.5 Å². The number of carbonyl (C=O) groups excluding carboxylic acids is 3. The highest BCUT2D eigenvalue weighted by Crippen LogP contribution is 2.13. The molecule has 1 unspecified atom stereocenters. The van der Waals surface area contributed by atoms with Gasteiger partial charge in [-0.25, -0.2) is 0 Å².